The highest BCUT2D eigenvalue weighted by molar-refractivity contribution is 7.22. The maximum Gasteiger partial charge on any atom is 0.349 e. The van der Waals surface area contributed by atoms with Gasteiger partial charge in [0.25, 0.3) is 0 Å². The van der Waals surface area contributed by atoms with Crippen LogP contribution in [-0.2, 0) is 22.5 Å². The molecule has 170 valence electrons. The molecule has 0 radical (unpaired) electrons. The average molecular weight is 482 g/mol. The highest BCUT2D eigenvalue weighted by atomic mass is 32.1. The minimum atomic E-state index is -0.443. The Bertz CT molecular complexity index is 1300. The molecule has 4 aromatic rings. The third-order valence-corrected chi connectivity index (χ3v) is 7.44. The van der Waals surface area contributed by atoms with Crippen molar-refractivity contribution in [2.75, 3.05) is 37.7 Å². The summed E-state index contributed by atoms with van der Waals surface area (Å²) in [5, 5.41) is 5.68. The number of anilines is 1. The van der Waals surface area contributed by atoms with Crippen LogP contribution in [-0.4, -0.2) is 53.3 Å². The quantitative estimate of drug-likeness (QED) is 0.437. The topological polar surface area (TPSA) is 89.3 Å². The summed E-state index contributed by atoms with van der Waals surface area (Å²) in [4.78, 5) is 38.5. The standard InChI is InChI=1S/C23H23N5O3S2/c29-18(24-9-8-16-5-2-1-3-6-16)15-28-21-20(19(25-22(28)30)17-7-4-14-32-17)26-23(33-21)27-10-12-31-13-11-27/h1-7,14H,8-13,15H2,(H,24,29). The molecule has 10 heteroatoms. The number of morpholine rings is 1. The number of amides is 1. The van der Waals surface area contributed by atoms with Crippen LogP contribution < -0.4 is 15.9 Å². The largest absolute Gasteiger partial charge is 0.378 e. The Morgan fingerprint density at radius 3 is 2.67 bits per heavy atom. The third-order valence-electron chi connectivity index (χ3n) is 5.42. The molecule has 0 atom stereocenters. The Balaban J connectivity index is 1.43. The fraction of sp³-hybridized carbons (Fsp3) is 0.304. The number of thiophene rings is 1. The van der Waals surface area contributed by atoms with E-state index in [0.717, 1.165) is 35.1 Å². The number of rotatable bonds is 7. The first-order valence-corrected chi connectivity index (χ1v) is 12.5. The van der Waals surface area contributed by atoms with Gasteiger partial charge in [-0.25, -0.2) is 9.78 Å². The predicted molar refractivity (Wildman–Crippen MR) is 131 cm³/mol. The van der Waals surface area contributed by atoms with E-state index in [2.05, 4.69) is 15.2 Å². The van der Waals surface area contributed by atoms with E-state index >= 15 is 0 Å². The zero-order valence-electron chi connectivity index (χ0n) is 17.9. The van der Waals surface area contributed by atoms with E-state index in [1.807, 2.05) is 47.8 Å². The molecule has 1 fully saturated rings. The van der Waals surface area contributed by atoms with Crippen LogP contribution in [0.2, 0.25) is 0 Å². The van der Waals surface area contributed by atoms with Crippen molar-refractivity contribution in [2.24, 2.45) is 0 Å². The summed E-state index contributed by atoms with van der Waals surface area (Å²) in [6, 6.07) is 13.8. The molecule has 0 unspecified atom stereocenters. The molecular formula is C23H23N5O3S2. The van der Waals surface area contributed by atoms with Gasteiger partial charge < -0.3 is 15.0 Å². The molecule has 0 bridgehead atoms. The van der Waals surface area contributed by atoms with Crippen LogP contribution in [0.25, 0.3) is 20.9 Å². The molecule has 1 N–H and O–H groups in total. The molecule has 1 aromatic carbocycles. The van der Waals surface area contributed by atoms with Gasteiger partial charge in [-0.3, -0.25) is 9.36 Å². The molecule has 1 aliphatic rings. The molecule has 3 aromatic heterocycles. The number of aromatic nitrogens is 3. The second kappa shape index (κ2) is 9.82. The maximum absolute atomic E-state index is 13.0. The highest BCUT2D eigenvalue weighted by Crippen LogP contribution is 2.35. The molecule has 0 spiro atoms. The van der Waals surface area contributed by atoms with Gasteiger partial charge in [-0.1, -0.05) is 47.7 Å². The summed E-state index contributed by atoms with van der Waals surface area (Å²) in [6.45, 7) is 3.18. The Labute approximate surface area is 198 Å². The summed E-state index contributed by atoms with van der Waals surface area (Å²) in [5.41, 5.74) is 1.93. The van der Waals surface area contributed by atoms with Crippen molar-refractivity contribution in [2.45, 2.75) is 13.0 Å². The summed E-state index contributed by atoms with van der Waals surface area (Å²) >= 11 is 2.94. The van der Waals surface area contributed by atoms with Crippen LogP contribution in [0.4, 0.5) is 5.13 Å². The summed E-state index contributed by atoms with van der Waals surface area (Å²) < 4.78 is 6.90. The molecule has 8 nitrogen and oxygen atoms in total. The zero-order chi connectivity index (χ0) is 22.6. The Hall–Kier alpha value is -3.08. The minimum absolute atomic E-state index is 0.0907. The van der Waals surface area contributed by atoms with Crippen LogP contribution >= 0.6 is 22.7 Å². The first-order chi connectivity index (χ1) is 16.2. The Morgan fingerprint density at radius 2 is 1.91 bits per heavy atom. The molecule has 0 saturated carbocycles. The van der Waals surface area contributed by atoms with Gasteiger partial charge >= 0.3 is 5.69 Å². The van der Waals surface area contributed by atoms with Crippen molar-refractivity contribution in [3.63, 3.8) is 0 Å². The monoisotopic (exact) mass is 481 g/mol. The lowest BCUT2D eigenvalue weighted by molar-refractivity contribution is -0.121. The van der Waals surface area contributed by atoms with Crippen LogP contribution in [0.3, 0.4) is 0 Å². The van der Waals surface area contributed by atoms with Gasteiger partial charge in [0.15, 0.2) is 5.13 Å². The number of thiazole rings is 1. The Morgan fingerprint density at radius 1 is 1.09 bits per heavy atom. The van der Waals surface area contributed by atoms with Crippen LogP contribution in [0.5, 0.6) is 0 Å². The summed E-state index contributed by atoms with van der Waals surface area (Å²) in [6.07, 6.45) is 0.730. The Kier molecular flexibility index (Phi) is 6.47. The number of carbonyl (C=O) groups is 1. The van der Waals surface area contributed by atoms with E-state index in [1.165, 1.54) is 27.2 Å². The minimum Gasteiger partial charge on any atom is -0.378 e. The van der Waals surface area contributed by atoms with Crippen molar-refractivity contribution in [1.82, 2.24) is 19.9 Å². The SMILES string of the molecule is O=C(Cn1c(=O)nc(-c2cccs2)c2nc(N3CCOCC3)sc21)NCCc1ccccc1. The molecule has 1 amide bonds. The van der Waals surface area contributed by atoms with Crippen molar-refractivity contribution in [1.29, 1.82) is 0 Å². The highest BCUT2D eigenvalue weighted by Gasteiger charge is 2.22. The van der Waals surface area contributed by atoms with E-state index in [-0.39, 0.29) is 12.5 Å². The molecule has 1 saturated heterocycles. The zero-order valence-corrected chi connectivity index (χ0v) is 19.5. The van der Waals surface area contributed by atoms with Gasteiger partial charge in [-0.2, -0.15) is 4.98 Å². The van der Waals surface area contributed by atoms with Crippen LogP contribution in [0.15, 0.2) is 52.6 Å². The number of nitrogens with one attached hydrogen (secondary N) is 1. The normalized spacial score (nSPS) is 14.0. The third kappa shape index (κ3) is 4.82. The lowest BCUT2D eigenvalue weighted by Crippen LogP contribution is -2.36. The number of carbonyl (C=O) groups excluding carboxylic acids is 1. The predicted octanol–water partition coefficient (Wildman–Crippen LogP) is 2.78. The second-order valence-corrected chi connectivity index (χ2v) is 9.55. The number of hydrogen-bond acceptors (Lipinski definition) is 8. The van der Waals surface area contributed by atoms with E-state index in [9.17, 15) is 9.59 Å². The smallest absolute Gasteiger partial charge is 0.349 e. The van der Waals surface area contributed by atoms with Crippen LogP contribution in [0, 0.1) is 0 Å². The fourth-order valence-corrected chi connectivity index (χ4v) is 5.57. The molecule has 33 heavy (non-hydrogen) atoms. The number of benzene rings is 1. The maximum atomic E-state index is 13.0. The van der Waals surface area contributed by atoms with E-state index in [1.54, 1.807) is 0 Å². The second-order valence-electron chi connectivity index (χ2n) is 7.64. The van der Waals surface area contributed by atoms with Gasteiger partial charge in [0.1, 0.15) is 22.6 Å². The molecule has 0 aliphatic carbocycles. The van der Waals surface area contributed by atoms with E-state index < -0.39 is 5.69 Å². The first-order valence-electron chi connectivity index (χ1n) is 10.8. The van der Waals surface area contributed by atoms with Gasteiger partial charge in [-0.15, -0.1) is 11.3 Å². The van der Waals surface area contributed by atoms with Crippen molar-refractivity contribution in [3.8, 4) is 10.6 Å². The molecular weight excluding hydrogens is 458 g/mol. The van der Waals surface area contributed by atoms with Gasteiger partial charge in [0, 0.05) is 19.6 Å². The van der Waals surface area contributed by atoms with Crippen molar-refractivity contribution >= 4 is 44.1 Å². The fourth-order valence-electron chi connectivity index (χ4n) is 3.74. The average Bonchev–Trinajstić information content (AvgIpc) is 3.53. The lowest BCUT2D eigenvalue weighted by atomic mass is 10.1. The van der Waals surface area contributed by atoms with Crippen molar-refractivity contribution < 1.29 is 9.53 Å². The summed E-state index contributed by atoms with van der Waals surface area (Å²) in [5.74, 6) is -0.221. The van der Waals surface area contributed by atoms with E-state index in [4.69, 9.17) is 9.72 Å². The van der Waals surface area contributed by atoms with Gasteiger partial charge in [0.05, 0.1) is 18.1 Å². The van der Waals surface area contributed by atoms with Crippen molar-refractivity contribution in [3.05, 3.63) is 63.9 Å². The first kappa shape index (κ1) is 21.7. The number of ether oxygens (including phenoxy) is 1. The molecule has 4 heterocycles. The summed E-state index contributed by atoms with van der Waals surface area (Å²) in [7, 11) is 0. The lowest BCUT2D eigenvalue weighted by Gasteiger charge is -2.25. The molecule has 1 aliphatic heterocycles. The van der Waals surface area contributed by atoms with E-state index in [0.29, 0.717) is 35.8 Å². The number of nitrogens with zero attached hydrogens (tertiary/aromatic N) is 4. The number of hydrogen-bond donors (Lipinski definition) is 1. The van der Waals surface area contributed by atoms with Gasteiger partial charge in [-0.05, 0) is 23.4 Å². The van der Waals surface area contributed by atoms with Gasteiger partial charge in [0.2, 0.25) is 5.91 Å². The number of fused-ring (bicyclic) bond motifs is 1. The molecule has 5 rings (SSSR count). The van der Waals surface area contributed by atoms with Crippen LogP contribution in [0.1, 0.15) is 5.56 Å².